The maximum Gasteiger partial charge on any atom is 0.0916 e. The van der Waals surface area contributed by atoms with Gasteiger partial charge in [0.25, 0.3) is 0 Å². The van der Waals surface area contributed by atoms with Gasteiger partial charge in [0.2, 0.25) is 0 Å². The van der Waals surface area contributed by atoms with Crippen LogP contribution in [0, 0.1) is 0 Å². The number of hydrogen-bond donors (Lipinski definition) is 3. The predicted octanol–water partition coefficient (Wildman–Crippen LogP) is 2.17. The summed E-state index contributed by atoms with van der Waals surface area (Å²) in [6, 6.07) is 18.3. The number of hydrogen-bond acceptors (Lipinski definition) is 4. The molecule has 4 N–H and O–H groups in total. The molecule has 0 aliphatic carbocycles. The lowest BCUT2D eigenvalue weighted by molar-refractivity contribution is 0.0540. The standard InChI is InChI=1S/C20H26N2O2/c21-20(15-23)11-4-12-22(14-20)13-19(24)18-9-7-17(8-10-18)16-5-2-1-3-6-16/h1-3,5-10,19,23-24H,4,11-15,21H2. The van der Waals surface area contributed by atoms with Crippen LogP contribution < -0.4 is 5.73 Å². The molecule has 1 fully saturated rings. The topological polar surface area (TPSA) is 69.7 Å². The first kappa shape index (κ1) is 17.1. The van der Waals surface area contributed by atoms with Crippen LogP contribution in [0.25, 0.3) is 11.1 Å². The van der Waals surface area contributed by atoms with Gasteiger partial charge < -0.3 is 15.9 Å². The van der Waals surface area contributed by atoms with Crippen molar-refractivity contribution in [2.45, 2.75) is 24.5 Å². The smallest absolute Gasteiger partial charge is 0.0916 e. The fraction of sp³-hybridized carbons (Fsp3) is 0.400. The average molecular weight is 326 g/mol. The lowest BCUT2D eigenvalue weighted by atomic mass is 9.90. The van der Waals surface area contributed by atoms with Gasteiger partial charge in [-0.3, -0.25) is 4.90 Å². The van der Waals surface area contributed by atoms with Gasteiger partial charge in [-0.2, -0.15) is 0 Å². The second kappa shape index (κ2) is 7.45. The molecule has 0 amide bonds. The first-order valence-electron chi connectivity index (χ1n) is 8.55. The largest absolute Gasteiger partial charge is 0.394 e. The Balaban J connectivity index is 1.64. The van der Waals surface area contributed by atoms with Gasteiger partial charge in [0.05, 0.1) is 18.2 Å². The molecule has 0 radical (unpaired) electrons. The van der Waals surface area contributed by atoms with Crippen molar-refractivity contribution in [3.8, 4) is 11.1 Å². The molecule has 0 bridgehead atoms. The minimum atomic E-state index is -0.545. The van der Waals surface area contributed by atoms with Crippen molar-refractivity contribution in [1.82, 2.24) is 4.90 Å². The summed E-state index contributed by atoms with van der Waals surface area (Å²) in [5.41, 5.74) is 8.87. The number of piperidine rings is 1. The first-order chi connectivity index (χ1) is 11.6. The molecule has 128 valence electrons. The summed E-state index contributed by atoms with van der Waals surface area (Å²) in [6.07, 6.45) is 1.24. The molecule has 2 aromatic rings. The van der Waals surface area contributed by atoms with E-state index < -0.39 is 11.6 Å². The Morgan fingerprint density at radius 1 is 1.04 bits per heavy atom. The van der Waals surface area contributed by atoms with E-state index in [-0.39, 0.29) is 6.61 Å². The fourth-order valence-electron chi connectivity index (χ4n) is 3.42. The molecule has 1 aliphatic rings. The van der Waals surface area contributed by atoms with Crippen molar-refractivity contribution in [2.75, 3.05) is 26.2 Å². The van der Waals surface area contributed by atoms with Crippen molar-refractivity contribution in [1.29, 1.82) is 0 Å². The average Bonchev–Trinajstić information content (AvgIpc) is 2.63. The van der Waals surface area contributed by atoms with Crippen molar-refractivity contribution in [3.63, 3.8) is 0 Å². The molecule has 0 spiro atoms. The minimum absolute atomic E-state index is 0.00856. The van der Waals surface area contributed by atoms with Gasteiger partial charge in [0.15, 0.2) is 0 Å². The number of benzene rings is 2. The van der Waals surface area contributed by atoms with Crippen molar-refractivity contribution in [3.05, 3.63) is 60.2 Å². The van der Waals surface area contributed by atoms with E-state index in [9.17, 15) is 10.2 Å². The highest BCUT2D eigenvalue weighted by Crippen LogP contribution is 2.24. The van der Waals surface area contributed by atoms with Crippen LogP contribution in [0.1, 0.15) is 24.5 Å². The zero-order chi connectivity index (χ0) is 17.0. The highest BCUT2D eigenvalue weighted by atomic mass is 16.3. The lowest BCUT2D eigenvalue weighted by Gasteiger charge is -2.39. The Morgan fingerprint density at radius 3 is 2.38 bits per heavy atom. The highest BCUT2D eigenvalue weighted by Gasteiger charge is 2.31. The molecular weight excluding hydrogens is 300 g/mol. The molecule has 24 heavy (non-hydrogen) atoms. The van der Waals surface area contributed by atoms with Crippen LogP contribution in [0.15, 0.2) is 54.6 Å². The van der Waals surface area contributed by atoms with Crippen LogP contribution in [0.5, 0.6) is 0 Å². The Hall–Kier alpha value is -1.72. The summed E-state index contributed by atoms with van der Waals surface area (Å²) in [5.74, 6) is 0. The second-order valence-electron chi connectivity index (χ2n) is 6.86. The van der Waals surface area contributed by atoms with Crippen LogP contribution in [0.3, 0.4) is 0 Å². The van der Waals surface area contributed by atoms with Gasteiger partial charge >= 0.3 is 0 Å². The summed E-state index contributed by atoms with van der Waals surface area (Å²) in [5, 5.41) is 20.0. The van der Waals surface area contributed by atoms with E-state index in [2.05, 4.69) is 17.0 Å². The molecule has 2 atom stereocenters. The van der Waals surface area contributed by atoms with Gasteiger partial charge in [-0.05, 0) is 36.1 Å². The quantitative estimate of drug-likeness (QED) is 0.788. The summed E-state index contributed by atoms with van der Waals surface area (Å²) in [4.78, 5) is 2.15. The maximum absolute atomic E-state index is 10.5. The number of likely N-dealkylation sites (tertiary alicyclic amines) is 1. The van der Waals surface area contributed by atoms with E-state index in [1.807, 2.05) is 42.5 Å². The summed E-state index contributed by atoms with van der Waals surface area (Å²) >= 11 is 0. The Morgan fingerprint density at radius 2 is 1.71 bits per heavy atom. The zero-order valence-electron chi connectivity index (χ0n) is 13.9. The molecule has 2 unspecified atom stereocenters. The van der Waals surface area contributed by atoms with E-state index in [0.29, 0.717) is 13.1 Å². The first-order valence-corrected chi connectivity index (χ1v) is 8.55. The molecule has 4 heteroatoms. The zero-order valence-corrected chi connectivity index (χ0v) is 13.9. The highest BCUT2D eigenvalue weighted by molar-refractivity contribution is 5.63. The van der Waals surface area contributed by atoms with Gasteiger partial charge in [0.1, 0.15) is 0 Å². The number of nitrogens with two attached hydrogens (primary N) is 1. The molecule has 1 heterocycles. The van der Waals surface area contributed by atoms with E-state index >= 15 is 0 Å². The lowest BCUT2D eigenvalue weighted by Crippen LogP contribution is -2.57. The molecule has 4 nitrogen and oxygen atoms in total. The Labute approximate surface area is 143 Å². The Bertz CT molecular complexity index is 644. The van der Waals surface area contributed by atoms with Crippen LogP contribution in [-0.2, 0) is 0 Å². The van der Waals surface area contributed by atoms with E-state index in [1.54, 1.807) is 0 Å². The second-order valence-corrected chi connectivity index (χ2v) is 6.86. The van der Waals surface area contributed by atoms with Crippen molar-refractivity contribution < 1.29 is 10.2 Å². The maximum atomic E-state index is 10.5. The van der Waals surface area contributed by atoms with Gasteiger partial charge in [-0.25, -0.2) is 0 Å². The SMILES string of the molecule is NC1(CO)CCCN(CC(O)c2ccc(-c3ccccc3)cc2)C1. The van der Waals surface area contributed by atoms with E-state index in [4.69, 9.17) is 5.73 Å². The molecule has 0 saturated carbocycles. The van der Waals surface area contributed by atoms with Gasteiger partial charge in [0, 0.05) is 13.1 Å². The number of β-amino-alcohol motifs (C(OH)–C–C–N with tert-alkyl or cyclic N) is 1. The molecule has 1 saturated heterocycles. The monoisotopic (exact) mass is 326 g/mol. The van der Waals surface area contributed by atoms with Gasteiger partial charge in [-0.15, -0.1) is 0 Å². The number of aliphatic hydroxyl groups excluding tert-OH is 2. The molecule has 2 aromatic carbocycles. The molecule has 3 rings (SSSR count). The van der Waals surface area contributed by atoms with E-state index in [0.717, 1.165) is 30.5 Å². The van der Waals surface area contributed by atoms with E-state index in [1.165, 1.54) is 5.56 Å². The predicted molar refractivity (Wildman–Crippen MR) is 96.5 cm³/mol. The van der Waals surface area contributed by atoms with Gasteiger partial charge in [-0.1, -0.05) is 54.6 Å². The third kappa shape index (κ3) is 4.02. The third-order valence-corrected chi connectivity index (χ3v) is 4.84. The normalized spacial score (nSPS) is 23.1. The van der Waals surface area contributed by atoms with Crippen LogP contribution in [0.4, 0.5) is 0 Å². The molecule has 0 aromatic heterocycles. The summed E-state index contributed by atoms with van der Waals surface area (Å²) in [6.45, 7) is 2.08. The number of aliphatic hydroxyl groups is 2. The van der Waals surface area contributed by atoms with Crippen LogP contribution in [0.2, 0.25) is 0 Å². The number of nitrogens with zero attached hydrogens (tertiary/aromatic N) is 1. The Kier molecular flexibility index (Phi) is 5.31. The van der Waals surface area contributed by atoms with Crippen molar-refractivity contribution >= 4 is 0 Å². The summed E-state index contributed by atoms with van der Waals surface area (Å²) < 4.78 is 0. The third-order valence-electron chi connectivity index (χ3n) is 4.84. The fourth-order valence-corrected chi connectivity index (χ4v) is 3.42. The minimum Gasteiger partial charge on any atom is -0.394 e. The number of rotatable bonds is 5. The van der Waals surface area contributed by atoms with Crippen LogP contribution in [-0.4, -0.2) is 46.9 Å². The molecular formula is C20H26N2O2. The van der Waals surface area contributed by atoms with Crippen LogP contribution >= 0.6 is 0 Å². The molecule has 1 aliphatic heterocycles. The van der Waals surface area contributed by atoms with Crippen molar-refractivity contribution in [2.24, 2.45) is 5.73 Å². The summed E-state index contributed by atoms with van der Waals surface area (Å²) in [7, 11) is 0.